The Hall–Kier alpha value is -2.54. The highest BCUT2D eigenvalue weighted by atomic mass is 32.2. The molecule has 9 heteroatoms. The van der Waals surface area contributed by atoms with Gasteiger partial charge in [0.2, 0.25) is 0 Å². The van der Waals surface area contributed by atoms with Crippen LogP contribution >= 0.6 is 11.8 Å². The number of nitrogens with zero attached hydrogens (tertiary/aromatic N) is 6. The van der Waals surface area contributed by atoms with Crippen LogP contribution in [-0.2, 0) is 13.0 Å². The highest BCUT2D eigenvalue weighted by Crippen LogP contribution is 2.44. The zero-order valence-corrected chi connectivity index (χ0v) is 23.5. The van der Waals surface area contributed by atoms with Crippen LogP contribution in [0, 0.1) is 11.3 Å². The minimum atomic E-state index is 0.110. The summed E-state index contributed by atoms with van der Waals surface area (Å²) in [7, 11) is 2.17. The molecule has 8 nitrogen and oxygen atoms in total. The van der Waals surface area contributed by atoms with Crippen molar-refractivity contribution in [3.05, 3.63) is 35.0 Å². The highest BCUT2D eigenvalue weighted by molar-refractivity contribution is 7.99. The number of likely N-dealkylation sites (N-methyl/N-ethyl adjacent to an activating group) is 1. The number of anilines is 2. The van der Waals surface area contributed by atoms with Gasteiger partial charge in [0, 0.05) is 42.7 Å². The summed E-state index contributed by atoms with van der Waals surface area (Å²) in [6.07, 6.45) is 4.98. The average molecular weight is 534 g/mol. The van der Waals surface area contributed by atoms with E-state index in [1.54, 1.807) is 0 Å². The van der Waals surface area contributed by atoms with E-state index in [0.717, 1.165) is 63.6 Å². The zero-order valence-electron chi connectivity index (χ0n) is 22.7. The molecule has 0 radical (unpaired) electrons. The van der Waals surface area contributed by atoms with Crippen LogP contribution < -0.4 is 19.9 Å². The van der Waals surface area contributed by atoms with Crippen molar-refractivity contribution in [2.24, 2.45) is 0 Å². The van der Waals surface area contributed by atoms with Crippen LogP contribution in [0.2, 0.25) is 0 Å². The molecule has 2 aromatic rings. The summed E-state index contributed by atoms with van der Waals surface area (Å²) in [4.78, 5) is 18.7. The van der Waals surface area contributed by atoms with Crippen LogP contribution in [0.25, 0.3) is 0 Å². The minimum absolute atomic E-state index is 0.110. The van der Waals surface area contributed by atoms with Gasteiger partial charge in [0.1, 0.15) is 12.4 Å². The summed E-state index contributed by atoms with van der Waals surface area (Å²) in [5, 5.41) is 13.0. The fraction of sp³-hybridized carbons (Fsp3) is 0.621. The number of hydrogen-bond acceptors (Lipinski definition) is 9. The van der Waals surface area contributed by atoms with Crippen molar-refractivity contribution in [3.8, 4) is 12.1 Å². The Morgan fingerprint density at radius 2 is 2.11 bits per heavy atom. The minimum Gasteiger partial charge on any atom is -0.462 e. The van der Waals surface area contributed by atoms with Gasteiger partial charge in [0.05, 0.1) is 36.5 Å². The molecule has 0 aliphatic carbocycles. The molecule has 0 bridgehead atoms. The lowest BCUT2D eigenvalue weighted by Gasteiger charge is -2.39. The maximum absolute atomic E-state index is 9.51. The Balaban J connectivity index is 1.33. The van der Waals surface area contributed by atoms with E-state index < -0.39 is 0 Å². The van der Waals surface area contributed by atoms with Gasteiger partial charge in [-0.2, -0.15) is 15.2 Å². The fourth-order valence-electron chi connectivity index (χ4n) is 6.41. The number of aromatic nitrogens is 2. The van der Waals surface area contributed by atoms with Crippen LogP contribution in [0.4, 0.5) is 11.5 Å². The van der Waals surface area contributed by atoms with Gasteiger partial charge in [-0.05, 0) is 62.6 Å². The molecule has 1 aromatic heterocycles. The van der Waals surface area contributed by atoms with Crippen LogP contribution in [0.1, 0.15) is 55.3 Å². The Labute approximate surface area is 230 Å². The highest BCUT2D eigenvalue weighted by Gasteiger charge is 2.32. The van der Waals surface area contributed by atoms with Crippen molar-refractivity contribution in [2.45, 2.75) is 68.5 Å². The number of benzene rings is 1. The first-order chi connectivity index (χ1) is 18.6. The molecule has 2 saturated heterocycles. The lowest BCUT2D eigenvalue weighted by molar-refractivity contribution is 0.187. The molecule has 38 heavy (non-hydrogen) atoms. The van der Waals surface area contributed by atoms with Crippen molar-refractivity contribution in [3.63, 3.8) is 0 Å². The lowest BCUT2D eigenvalue weighted by atomic mass is 9.96. The summed E-state index contributed by atoms with van der Waals surface area (Å²) < 4.78 is 6.30. The number of piperazine rings is 1. The summed E-state index contributed by atoms with van der Waals surface area (Å²) in [5.74, 6) is 2.76. The van der Waals surface area contributed by atoms with E-state index in [4.69, 9.17) is 14.7 Å². The smallest absolute Gasteiger partial charge is 0.318 e. The molecule has 0 spiro atoms. The number of likely N-dealkylation sites (tertiary alicyclic amines) is 1. The molecule has 6 rings (SSSR count). The third-order valence-electron chi connectivity index (χ3n) is 8.74. The molecule has 4 aliphatic rings. The number of rotatable bonds is 6. The second kappa shape index (κ2) is 11.3. The molecule has 3 atom stereocenters. The monoisotopic (exact) mass is 533 g/mol. The Morgan fingerprint density at radius 1 is 1.18 bits per heavy atom. The largest absolute Gasteiger partial charge is 0.462 e. The molecular formula is C29H39N7OS. The SMILES string of the molecule is CC1CCSc2c1cccc2N1CCc2c(nc(OC[C@@H]3CCCN3C)nc2N2CCNCC2CC#N)C1. The summed E-state index contributed by atoms with van der Waals surface area (Å²) in [6.45, 7) is 8.31. The predicted octanol–water partition coefficient (Wildman–Crippen LogP) is 3.80. The van der Waals surface area contributed by atoms with Gasteiger partial charge in [-0.25, -0.2) is 0 Å². The third-order valence-corrected chi connectivity index (χ3v) is 9.92. The molecule has 2 unspecified atom stereocenters. The van der Waals surface area contributed by atoms with Crippen LogP contribution in [0.3, 0.4) is 0 Å². The zero-order chi connectivity index (χ0) is 26.1. The van der Waals surface area contributed by atoms with Gasteiger partial charge >= 0.3 is 6.01 Å². The molecule has 2 fully saturated rings. The first-order valence-electron chi connectivity index (χ1n) is 14.2. The van der Waals surface area contributed by atoms with E-state index in [9.17, 15) is 5.26 Å². The quantitative estimate of drug-likeness (QED) is 0.596. The van der Waals surface area contributed by atoms with Crippen LogP contribution in [0.15, 0.2) is 23.1 Å². The van der Waals surface area contributed by atoms with Gasteiger partial charge in [0.25, 0.3) is 0 Å². The summed E-state index contributed by atoms with van der Waals surface area (Å²) >= 11 is 2.00. The first kappa shape index (κ1) is 25.7. The van der Waals surface area contributed by atoms with E-state index in [1.165, 1.54) is 40.3 Å². The Morgan fingerprint density at radius 3 is 2.95 bits per heavy atom. The topological polar surface area (TPSA) is 80.6 Å². The number of thioether (sulfide) groups is 1. The number of nitrogens with one attached hydrogen (secondary N) is 1. The number of fused-ring (bicyclic) bond motifs is 2. The van der Waals surface area contributed by atoms with Crippen molar-refractivity contribution < 1.29 is 4.74 Å². The Kier molecular flexibility index (Phi) is 7.64. The van der Waals surface area contributed by atoms with Crippen molar-refractivity contribution in [2.75, 3.05) is 61.9 Å². The lowest BCUT2D eigenvalue weighted by Crippen LogP contribution is -2.52. The molecule has 0 amide bonds. The normalized spacial score (nSPS) is 25.6. The molecular weight excluding hydrogens is 494 g/mol. The van der Waals surface area contributed by atoms with E-state index in [2.05, 4.69) is 58.3 Å². The number of hydrogen-bond donors (Lipinski definition) is 1. The number of ether oxygens (including phenoxy) is 1. The molecule has 5 heterocycles. The molecule has 1 aromatic carbocycles. The molecule has 0 saturated carbocycles. The van der Waals surface area contributed by atoms with Gasteiger partial charge in [-0.15, -0.1) is 11.8 Å². The predicted molar refractivity (Wildman–Crippen MR) is 152 cm³/mol. The van der Waals surface area contributed by atoms with Crippen LogP contribution in [-0.4, -0.2) is 79.1 Å². The van der Waals surface area contributed by atoms with Gasteiger partial charge in [-0.1, -0.05) is 19.1 Å². The Bertz CT molecular complexity index is 1200. The van der Waals surface area contributed by atoms with Crippen molar-refractivity contribution in [1.82, 2.24) is 20.2 Å². The van der Waals surface area contributed by atoms with E-state index in [0.29, 0.717) is 31.0 Å². The fourth-order valence-corrected chi connectivity index (χ4v) is 7.87. The maximum Gasteiger partial charge on any atom is 0.318 e. The van der Waals surface area contributed by atoms with E-state index >= 15 is 0 Å². The van der Waals surface area contributed by atoms with Gasteiger partial charge in [-0.3, -0.25) is 0 Å². The molecule has 1 N–H and O–H groups in total. The van der Waals surface area contributed by atoms with Crippen molar-refractivity contribution in [1.29, 1.82) is 5.26 Å². The van der Waals surface area contributed by atoms with Crippen LogP contribution in [0.5, 0.6) is 6.01 Å². The maximum atomic E-state index is 9.51. The second-order valence-electron chi connectivity index (χ2n) is 11.2. The van der Waals surface area contributed by atoms with Crippen molar-refractivity contribution >= 4 is 23.3 Å². The van der Waals surface area contributed by atoms with Gasteiger partial charge in [0.15, 0.2) is 0 Å². The van der Waals surface area contributed by atoms with E-state index in [-0.39, 0.29) is 6.04 Å². The first-order valence-corrected chi connectivity index (χ1v) is 15.2. The van der Waals surface area contributed by atoms with Gasteiger partial charge < -0.3 is 24.8 Å². The molecule has 4 aliphatic heterocycles. The standard InChI is InChI=1S/C29H39N7OS/c1-20-10-16-38-27-23(20)6-3-7-26(27)35-14-9-24-25(18-35)32-29(37-19-22-5-4-13-34(22)2)33-28(24)36-15-12-31-17-21(36)8-11-30/h3,6-7,20-22,31H,4-5,8-10,12-19H2,1-2H3/t20?,21?,22-/m0/s1. The third kappa shape index (κ3) is 5.06. The summed E-state index contributed by atoms with van der Waals surface area (Å²) in [6, 6.07) is 10.2. The van der Waals surface area contributed by atoms with E-state index in [1.807, 2.05) is 11.8 Å². The second-order valence-corrected chi connectivity index (χ2v) is 12.3. The summed E-state index contributed by atoms with van der Waals surface area (Å²) in [5.41, 5.74) is 5.11. The molecule has 202 valence electrons. The number of nitriles is 1. The average Bonchev–Trinajstić information content (AvgIpc) is 3.36.